The average Bonchev–Trinajstić information content (AvgIpc) is 3.35. The fourth-order valence-corrected chi connectivity index (χ4v) is 5.23. The molecule has 5 nitrogen and oxygen atoms in total. The third-order valence-corrected chi connectivity index (χ3v) is 6.87. The summed E-state index contributed by atoms with van der Waals surface area (Å²) in [6, 6.07) is 8.56. The molecule has 0 bridgehead atoms. The third-order valence-electron chi connectivity index (χ3n) is 6.11. The van der Waals surface area contributed by atoms with Gasteiger partial charge in [0.05, 0.1) is 6.54 Å². The Labute approximate surface area is 165 Å². The van der Waals surface area contributed by atoms with Crippen LogP contribution in [-0.2, 0) is 24.2 Å². The van der Waals surface area contributed by atoms with Gasteiger partial charge >= 0.3 is 0 Å². The van der Waals surface area contributed by atoms with Gasteiger partial charge in [-0.05, 0) is 17.7 Å². The fourth-order valence-electron chi connectivity index (χ4n) is 4.56. The quantitative estimate of drug-likeness (QED) is 0.793. The molecule has 2 aliphatic rings. The van der Waals surface area contributed by atoms with E-state index in [1.165, 1.54) is 11.1 Å². The molecule has 4 rings (SSSR count). The van der Waals surface area contributed by atoms with Gasteiger partial charge in [0.15, 0.2) is 0 Å². The van der Waals surface area contributed by atoms with Gasteiger partial charge in [-0.1, -0.05) is 31.2 Å². The van der Waals surface area contributed by atoms with Crippen molar-refractivity contribution in [1.82, 2.24) is 19.7 Å². The molecule has 1 amide bonds. The SMILES string of the molecule is CCN1CCN(C2(C(=O)N(C)Cc3nccs3)Cc3ccccc3C2)CC1. The van der Waals surface area contributed by atoms with Crippen molar-refractivity contribution in [3.8, 4) is 0 Å². The summed E-state index contributed by atoms with van der Waals surface area (Å²) >= 11 is 1.61. The summed E-state index contributed by atoms with van der Waals surface area (Å²) in [7, 11) is 1.93. The molecule has 2 heterocycles. The number of hydrogen-bond donors (Lipinski definition) is 0. The lowest BCUT2D eigenvalue weighted by Gasteiger charge is -2.46. The lowest BCUT2D eigenvalue weighted by molar-refractivity contribution is -0.145. The molecule has 1 aromatic heterocycles. The first-order valence-electron chi connectivity index (χ1n) is 9.80. The van der Waals surface area contributed by atoms with Crippen LogP contribution < -0.4 is 0 Å². The Morgan fingerprint density at radius 3 is 2.41 bits per heavy atom. The first kappa shape index (κ1) is 18.6. The molecule has 0 spiro atoms. The highest BCUT2D eigenvalue weighted by Gasteiger charge is 2.50. The second-order valence-electron chi connectivity index (χ2n) is 7.66. The average molecular weight is 385 g/mol. The molecule has 0 radical (unpaired) electrons. The lowest BCUT2D eigenvalue weighted by Crippen LogP contribution is -2.64. The molecule has 0 N–H and O–H groups in total. The first-order chi connectivity index (χ1) is 13.1. The summed E-state index contributed by atoms with van der Waals surface area (Å²) in [5, 5.41) is 2.96. The van der Waals surface area contributed by atoms with Crippen LogP contribution in [0.5, 0.6) is 0 Å². The molecule has 27 heavy (non-hydrogen) atoms. The smallest absolute Gasteiger partial charge is 0.243 e. The third kappa shape index (κ3) is 3.53. The maximum Gasteiger partial charge on any atom is 0.243 e. The fraction of sp³-hybridized carbons (Fsp3) is 0.524. The van der Waals surface area contributed by atoms with Gasteiger partial charge in [0.1, 0.15) is 10.5 Å². The normalized spacial score (nSPS) is 19.8. The maximum absolute atomic E-state index is 13.8. The summed E-state index contributed by atoms with van der Waals surface area (Å²) < 4.78 is 0. The van der Waals surface area contributed by atoms with Gasteiger partial charge in [0.25, 0.3) is 0 Å². The molecular formula is C21H28N4OS. The topological polar surface area (TPSA) is 39.7 Å². The van der Waals surface area contributed by atoms with Crippen LogP contribution in [0.15, 0.2) is 35.8 Å². The Bertz CT molecular complexity index is 758. The van der Waals surface area contributed by atoms with Gasteiger partial charge in [-0.3, -0.25) is 9.69 Å². The highest BCUT2D eigenvalue weighted by Crippen LogP contribution is 2.37. The number of aromatic nitrogens is 1. The van der Waals surface area contributed by atoms with Gasteiger partial charge in [0.2, 0.25) is 5.91 Å². The van der Waals surface area contributed by atoms with Crippen molar-refractivity contribution in [2.75, 3.05) is 39.8 Å². The van der Waals surface area contributed by atoms with Crippen molar-refractivity contribution >= 4 is 17.2 Å². The van der Waals surface area contributed by atoms with E-state index >= 15 is 0 Å². The Morgan fingerprint density at radius 2 is 1.85 bits per heavy atom. The molecule has 2 aromatic rings. The van der Waals surface area contributed by atoms with Gasteiger partial charge < -0.3 is 9.80 Å². The van der Waals surface area contributed by atoms with Gasteiger partial charge in [-0.2, -0.15) is 0 Å². The number of rotatable bonds is 5. The predicted molar refractivity (Wildman–Crippen MR) is 109 cm³/mol. The highest BCUT2D eigenvalue weighted by molar-refractivity contribution is 7.09. The van der Waals surface area contributed by atoms with Crippen LogP contribution in [0.25, 0.3) is 0 Å². The Hall–Kier alpha value is -1.76. The van der Waals surface area contributed by atoms with E-state index in [-0.39, 0.29) is 5.91 Å². The van der Waals surface area contributed by atoms with Crippen LogP contribution >= 0.6 is 11.3 Å². The van der Waals surface area contributed by atoms with E-state index in [0.717, 1.165) is 50.6 Å². The van der Waals surface area contributed by atoms with E-state index in [2.05, 4.69) is 46.0 Å². The number of piperazine rings is 1. The molecule has 1 fully saturated rings. The van der Waals surface area contributed by atoms with E-state index in [4.69, 9.17) is 0 Å². The van der Waals surface area contributed by atoms with Crippen LogP contribution in [0, 0.1) is 0 Å². The number of likely N-dealkylation sites (N-methyl/N-ethyl adjacent to an activating group) is 2. The van der Waals surface area contributed by atoms with Crippen LogP contribution in [-0.4, -0.2) is 70.9 Å². The van der Waals surface area contributed by atoms with E-state index in [0.29, 0.717) is 6.54 Å². The van der Waals surface area contributed by atoms with Crippen LogP contribution in [0.1, 0.15) is 23.1 Å². The Balaban J connectivity index is 1.60. The number of hydrogen-bond acceptors (Lipinski definition) is 5. The summed E-state index contributed by atoms with van der Waals surface area (Å²) in [5.41, 5.74) is 2.20. The molecule has 1 aliphatic heterocycles. The zero-order chi connectivity index (χ0) is 18.9. The molecule has 0 saturated carbocycles. The van der Waals surface area contributed by atoms with E-state index in [9.17, 15) is 4.79 Å². The number of benzene rings is 1. The molecule has 1 aliphatic carbocycles. The standard InChI is InChI=1S/C21H28N4OS/c1-3-24-9-11-25(12-10-24)21(14-17-6-4-5-7-18(17)15-21)20(26)23(2)16-19-22-8-13-27-19/h4-8,13H,3,9-12,14-16H2,1-2H3. The molecule has 1 aromatic carbocycles. The zero-order valence-corrected chi connectivity index (χ0v) is 17.0. The number of fused-ring (bicyclic) bond motifs is 1. The second-order valence-corrected chi connectivity index (χ2v) is 8.64. The van der Waals surface area contributed by atoms with Crippen molar-refractivity contribution in [3.05, 3.63) is 52.0 Å². The van der Waals surface area contributed by atoms with Crippen molar-refractivity contribution in [2.24, 2.45) is 0 Å². The van der Waals surface area contributed by atoms with E-state index in [1.807, 2.05) is 23.5 Å². The van der Waals surface area contributed by atoms with E-state index in [1.54, 1.807) is 11.3 Å². The minimum absolute atomic E-state index is 0.235. The number of carbonyl (C=O) groups excluding carboxylic acids is 1. The number of carbonyl (C=O) groups is 1. The largest absolute Gasteiger partial charge is 0.337 e. The van der Waals surface area contributed by atoms with Gasteiger partial charge in [-0.15, -0.1) is 11.3 Å². The predicted octanol–water partition coefficient (Wildman–Crippen LogP) is 2.28. The summed E-state index contributed by atoms with van der Waals surface area (Å²) in [5.74, 6) is 0.235. The minimum atomic E-state index is -0.449. The number of nitrogens with zero attached hydrogens (tertiary/aromatic N) is 4. The second kappa shape index (κ2) is 7.70. The molecule has 6 heteroatoms. The monoisotopic (exact) mass is 384 g/mol. The first-order valence-corrected chi connectivity index (χ1v) is 10.7. The molecular weight excluding hydrogens is 356 g/mol. The van der Waals surface area contributed by atoms with Gasteiger partial charge in [0, 0.05) is 57.6 Å². The summed E-state index contributed by atoms with van der Waals surface area (Å²) in [4.78, 5) is 24.9. The maximum atomic E-state index is 13.8. The summed E-state index contributed by atoms with van der Waals surface area (Å²) in [6.45, 7) is 7.87. The van der Waals surface area contributed by atoms with Crippen LogP contribution in [0.2, 0.25) is 0 Å². The number of amides is 1. The Morgan fingerprint density at radius 1 is 1.19 bits per heavy atom. The highest BCUT2D eigenvalue weighted by atomic mass is 32.1. The van der Waals surface area contributed by atoms with Crippen molar-refractivity contribution in [1.29, 1.82) is 0 Å². The number of thiazole rings is 1. The zero-order valence-electron chi connectivity index (χ0n) is 16.2. The Kier molecular flexibility index (Phi) is 5.30. The van der Waals surface area contributed by atoms with Crippen molar-refractivity contribution in [3.63, 3.8) is 0 Å². The summed E-state index contributed by atoms with van der Waals surface area (Å²) in [6.07, 6.45) is 3.44. The van der Waals surface area contributed by atoms with Crippen LogP contribution in [0.3, 0.4) is 0 Å². The van der Waals surface area contributed by atoms with Crippen molar-refractivity contribution < 1.29 is 4.79 Å². The van der Waals surface area contributed by atoms with E-state index < -0.39 is 5.54 Å². The molecule has 1 saturated heterocycles. The molecule has 144 valence electrons. The lowest BCUT2D eigenvalue weighted by atomic mass is 9.90. The molecule has 0 atom stereocenters. The molecule has 0 unspecified atom stereocenters. The van der Waals surface area contributed by atoms with Crippen molar-refractivity contribution in [2.45, 2.75) is 31.8 Å². The minimum Gasteiger partial charge on any atom is -0.337 e. The van der Waals surface area contributed by atoms with Gasteiger partial charge in [-0.25, -0.2) is 4.98 Å². The van der Waals surface area contributed by atoms with Crippen LogP contribution in [0.4, 0.5) is 0 Å².